The highest BCUT2D eigenvalue weighted by molar-refractivity contribution is 5.92. The van der Waals surface area contributed by atoms with Crippen LogP contribution in [0.2, 0.25) is 0 Å². The lowest BCUT2D eigenvalue weighted by Gasteiger charge is -2.18. The van der Waals surface area contributed by atoms with Gasteiger partial charge in [0, 0.05) is 5.39 Å². The molecule has 0 radical (unpaired) electrons. The molecule has 5 heteroatoms. The molecule has 0 heterocycles. The van der Waals surface area contributed by atoms with Crippen molar-refractivity contribution in [3.63, 3.8) is 0 Å². The Labute approximate surface area is 216 Å². The van der Waals surface area contributed by atoms with Crippen LogP contribution in [0, 0.1) is 0 Å². The summed E-state index contributed by atoms with van der Waals surface area (Å²) in [6.45, 7) is 0.185. The molecule has 0 aliphatic rings. The van der Waals surface area contributed by atoms with Crippen molar-refractivity contribution in [3.05, 3.63) is 132 Å². The van der Waals surface area contributed by atoms with E-state index in [4.69, 9.17) is 14.2 Å². The fraction of sp³-hybridized carbons (Fsp3) is 0.125. The van der Waals surface area contributed by atoms with E-state index in [1.54, 1.807) is 0 Å². The zero-order valence-corrected chi connectivity index (χ0v) is 20.2. The van der Waals surface area contributed by atoms with Crippen molar-refractivity contribution in [1.29, 1.82) is 0 Å². The van der Waals surface area contributed by atoms with E-state index in [1.807, 2.05) is 121 Å². The number of hydrogen-bond acceptors (Lipinski definition) is 5. The van der Waals surface area contributed by atoms with E-state index in [-0.39, 0.29) is 13.2 Å². The third-order valence-electron chi connectivity index (χ3n) is 6.04. The van der Waals surface area contributed by atoms with Crippen LogP contribution in [0.4, 0.5) is 0 Å². The van der Waals surface area contributed by atoms with Gasteiger partial charge in [-0.05, 0) is 46.8 Å². The monoisotopic (exact) mass is 492 g/mol. The molecule has 186 valence electrons. The second kappa shape index (κ2) is 11.6. The molecule has 0 aliphatic carbocycles. The minimum atomic E-state index is -0.782. The number of ether oxygens (including phenoxy) is 3. The lowest BCUT2D eigenvalue weighted by Crippen LogP contribution is -2.10. The predicted octanol–water partition coefficient (Wildman–Crippen LogP) is 6.86. The van der Waals surface area contributed by atoms with Crippen LogP contribution in [0.1, 0.15) is 23.3 Å². The third kappa shape index (κ3) is 6.09. The summed E-state index contributed by atoms with van der Waals surface area (Å²) >= 11 is 0. The SMILES string of the molecule is OC(COc1ccc2ccc(OCC(O)c3ccccc3)c(Oc3ccccc3)c2c1)c1ccccc1. The first-order valence-electron chi connectivity index (χ1n) is 12.2. The fourth-order valence-electron chi connectivity index (χ4n) is 4.05. The second-order valence-corrected chi connectivity index (χ2v) is 8.67. The highest BCUT2D eigenvalue weighted by Gasteiger charge is 2.16. The number of benzene rings is 5. The first kappa shape index (κ1) is 24.4. The molecule has 5 aromatic carbocycles. The van der Waals surface area contributed by atoms with Gasteiger partial charge in [0.2, 0.25) is 0 Å². The Kier molecular flexibility index (Phi) is 7.65. The van der Waals surface area contributed by atoms with E-state index in [0.717, 1.165) is 21.9 Å². The standard InChI is InChI=1S/C32H28O5/c33-29(24-10-4-1-5-11-24)21-35-27-18-16-23-17-19-31(36-22-30(34)25-12-6-2-7-13-25)32(28(23)20-27)37-26-14-8-3-9-15-26/h1-20,29-30,33-34H,21-22H2. The van der Waals surface area contributed by atoms with Gasteiger partial charge in [-0.3, -0.25) is 0 Å². The highest BCUT2D eigenvalue weighted by Crippen LogP contribution is 2.40. The van der Waals surface area contributed by atoms with Crippen molar-refractivity contribution in [2.45, 2.75) is 12.2 Å². The van der Waals surface area contributed by atoms with Crippen LogP contribution in [0.5, 0.6) is 23.0 Å². The van der Waals surface area contributed by atoms with Crippen molar-refractivity contribution in [3.8, 4) is 23.0 Å². The summed E-state index contributed by atoms with van der Waals surface area (Å²) in [4.78, 5) is 0. The van der Waals surface area contributed by atoms with Crippen LogP contribution >= 0.6 is 0 Å². The van der Waals surface area contributed by atoms with Crippen molar-refractivity contribution >= 4 is 10.8 Å². The molecule has 0 amide bonds. The Bertz CT molecular complexity index is 1420. The molecule has 2 N–H and O–H groups in total. The van der Waals surface area contributed by atoms with Gasteiger partial charge in [0.1, 0.15) is 36.9 Å². The van der Waals surface area contributed by atoms with Crippen LogP contribution in [0.3, 0.4) is 0 Å². The lowest BCUT2D eigenvalue weighted by atomic mass is 10.1. The van der Waals surface area contributed by atoms with Gasteiger partial charge in [-0.2, -0.15) is 0 Å². The quantitative estimate of drug-likeness (QED) is 0.223. The first-order valence-corrected chi connectivity index (χ1v) is 12.2. The Hall–Kier alpha value is -4.32. The minimum Gasteiger partial charge on any atom is -0.491 e. The molecule has 5 nitrogen and oxygen atoms in total. The van der Waals surface area contributed by atoms with Crippen LogP contribution in [0.15, 0.2) is 121 Å². The molecule has 0 aromatic heterocycles. The zero-order valence-electron chi connectivity index (χ0n) is 20.2. The average molecular weight is 493 g/mol. The molecule has 0 saturated carbocycles. The summed E-state index contributed by atoms with van der Waals surface area (Å²) in [5.41, 5.74) is 1.57. The lowest BCUT2D eigenvalue weighted by molar-refractivity contribution is 0.107. The van der Waals surface area contributed by atoms with Crippen molar-refractivity contribution in [2.24, 2.45) is 0 Å². The van der Waals surface area contributed by atoms with Crippen molar-refractivity contribution in [2.75, 3.05) is 13.2 Å². The maximum absolute atomic E-state index is 10.6. The van der Waals surface area contributed by atoms with Gasteiger partial charge < -0.3 is 24.4 Å². The number of fused-ring (bicyclic) bond motifs is 1. The molecule has 0 saturated heterocycles. The maximum atomic E-state index is 10.6. The van der Waals surface area contributed by atoms with E-state index < -0.39 is 12.2 Å². The van der Waals surface area contributed by atoms with Crippen molar-refractivity contribution < 1.29 is 24.4 Å². The first-order chi connectivity index (χ1) is 18.2. The zero-order chi connectivity index (χ0) is 25.5. The number of aliphatic hydroxyl groups is 2. The number of aliphatic hydroxyl groups excluding tert-OH is 2. The van der Waals surface area contributed by atoms with Gasteiger partial charge in [0.05, 0.1) is 0 Å². The van der Waals surface area contributed by atoms with Gasteiger partial charge in [0.15, 0.2) is 11.5 Å². The summed E-state index contributed by atoms with van der Waals surface area (Å²) in [5, 5.41) is 22.9. The molecule has 0 bridgehead atoms. The van der Waals surface area contributed by atoms with Crippen LogP contribution in [-0.4, -0.2) is 23.4 Å². The number of para-hydroxylation sites is 1. The topological polar surface area (TPSA) is 68.2 Å². The van der Waals surface area contributed by atoms with Gasteiger partial charge in [-0.1, -0.05) is 91.0 Å². The van der Waals surface area contributed by atoms with Crippen LogP contribution in [-0.2, 0) is 0 Å². The van der Waals surface area contributed by atoms with E-state index in [9.17, 15) is 10.2 Å². The second-order valence-electron chi connectivity index (χ2n) is 8.67. The summed E-state index contributed by atoms with van der Waals surface area (Å²) in [6.07, 6.45) is -1.53. The van der Waals surface area contributed by atoms with Gasteiger partial charge in [-0.15, -0.1) is 0 Å². The van der Waals surface area contributed by atoms with E-state index in [2.05, 4.69) is 0 Å². The summed E-state index contributed by atoms with van der Waals surface area (Å²) in [7, 11) is 0. The average Bonchev–Trinajstić information content (AvgIpc) is 2.96. The molecule has 2 atom stereocenters. The van der Waals surface area contributed by atoms with Crippen LogP contribution < -0.4 is 14.2 Å². The summed E-state index contributed by atoms with van der Waals surface area (Å²) in [6, 6.07) is 37.8. The molecular formula is C32H28O5. The minimum absolute atomic E-state index is 0.0696. The molecule has 37 heavy (non-hydrogen) atoms. The van der Waals surface area contributed by atoms with Gasteiger partial charge in [0.25, 0.3) is 0 Å². The van der Waals surface area contributed by atoms with Crippen molar-refractivity contribution in [1.82, 2.24) is 0 Å². The molecule has 0 spiro atoms. The molecule has 2 unspecified atom stereocenters. The Morgan fingerprint density at radius 3 is 1.70 bits per heavy atom. The van der Waals surface area contributed by atoms with E-state index >= 15 is 0 Å². The fourth-order valence-corrected chi connectivity index (χ4v) is 4.05. The molecule has 0 aliphatic heterocycles. The molecule has 0 fully saturated rings. The third-order valence-corrected chi connectivity index (χ3v) is 6.04. The smallest absolute Gasteiger partial charge is 0.177 e. The van der Waals surface area contributed by atoms with E-state index in [0.29, 0.717) is 23.0 Å². The summed E-state index contributed by atoms with van der Waals surface area (Å²) in [5.74, 6) is 2.29. The van der Waals surface area contributed by atoms with Gasteiger partial charge in [-0.25, -0.2) is 0 Å². The largest absolute Gasteiger partial charge is 0.491 e. The number of rotatable bonds is 10. The summed E-state index contributed by atoms with van der Waals surface area (Å²) < 4.78 is 18.3. The van der Waals surface area contributed by atoms with Gasteiger partial charge >= 0.3 is 0 Å². The molecule has 5 rings (SSSR count). The Balaban J connectivity index is 1.42. The Morgan fingerprint density at radius 2 is 1.08 bits per heavy atom. The maximum Gasteiger partial charge on any atom is 0.177 e. The predicted molar refractivity (Wildman–Crippen MR) is 144 cm³/mol. The Morgan fingerprint density at radius 1 is 0.541 bits per heavy atom. The number of hydrogen-bond donors (Lipinski definition) is 2. The molecular weight excluding hydrogens is 464 g/mol. The molecule has 5 aromatic rings. The van der Waals surface area contributed by atoms with Crippen LogP contribution in [0.25, 0.3) is 10.8 Å². The van der Waals surface area contributed by atoms with E-state index in [1.165, 1.54) is 0 Å². The highest BCUT2D eigenvalue weighted by atomic mass is 16.5. The normalized spacial score (nSPS) is 12.6.